The number of sulfonamides is 1. The molecule has 0 unspecified atom stereocenters. The van der Waals surface area contributed by atoms with Gasteiger partial charge in [-0.25, -0.2) is 22.7 Å². The number of thiophene rings is 1. The van der Waals surface area contributed by atoms with Crippen LogP contribution >= 0.6 is 11.3 Å². The second-order valence-corrected chi connectivity index (χ2v) is 7.65. The lowest BCUT2D eigenvalue weighted by Crippen LogP contribution is -2.27. The minimum absolute atomic E-state index is 0.106. The predicted octanol–water partition coefficient (Wildman–Crippen LogP) is 1.99. The van der Waals surface area contributed by atoms with Crippen LogP contribution in [0, 0.1) is 13.8 Å². The van der Waals surface area contributed by atoms with Crippen molar-refractivity contribution in [3.05, 3.63) is 28.9 Å². The van der Waals surface area contributed by atoms with Crippen LogP contribution in [0.5, 0.6) is 5.75 Å². The zero-order valence-electron chi connectivity index (χ0n) is 11.6. The molecule has 0 aromatic carbocycles. The summed E-state index contributed by atoms with van der Waals surface area (Å²) < 4.78 is 31.3. The number of nitrogens with zero attached hydrogens (tertiary/aromatic N) is 3. The van der Waals surface area contributed by atoms with Gasteiger partial charge in [0, 0.05) is 11.9 Å². The molecule has 0 aliphatic carbocycles. The van der Waals surface area contributed by atoms with E-state index >= 15 is 0 Å². The smallest absolute Gasteiger partial charge is 0.275 e. The Hall–Kier alpha value is -1.67. The van der Waals surface area contributed by atoms with E-state index in [1.54, 1.807) is 6.07 Å². The number of ether oxygens (including phenoxy) is 1. The number of anilines is 1. The summed E-state index contributed by atoms with van der Waals surface area (Å²) in [6.07, 6.45) is 2.86. The molecule has 2 heterocycles. The fourth-order valence-corrected chi connectivity index (χ4v) is 4.28. The zero-order valence-corrected chi connectivity index (χ0v) is 13.2. The van der Waals surface area contributed by atoms with E-state index in [0.29, 0.717) is 5.75 Å². The van der Waals surface area contributed by atoms with Crippen molar-refractivity contribution in [3.8, 4) is 5.75 Å². The van der Waals surface area contributed by atoms with Crippen molar-refractivity contribution in [1.29, 1.82) is 0 Å². The van der Waals surface area contributed by atoms with Crippen LogP contribution in [0.1, 0.15) is 10.4 Å². The van der Waals surface area contributed by atoms with E-state index in [9.17, 15) is 8.42 Å². The molecule has 0 aliphatic heterocycles. The van der Waals surface area contributed by atoms with Gasteiger partial charge in [-0.05, 0) is 25.5 Å². The first kappa shape index (κ1) is 14.7. The molecule has 2 aromatic rings. The normalized spacial score (nSPS) is 11.4. The van der Waals surface area contributed by atoms with Gasteiger partial charge in [-0.3, -0.25) is 0 Å². The van der Waals surface area contributed by atoms with Crippen molar-refractivity contribution in [3.63, 3.8) is 0 Å². The fraction of sp³-hybridized carbons (Fsp3) is 0.333. The number of hydrogen-bond donors (Lipinski definition) is 0. The number of methoxy groups -OCH3 is 1. The van der Waals surface area contributed by atoms with Crippen molar-refractivity contribution in [2.24, 2.45) is 0 Å². The summed E-state index contributed by atoms with van der Waals surface area (Å²) in [7, 11) is -0.699. The van der Waals surface area contributed by atoms with E-state index in [1.165, 1.54) is 37.9 Å². The highest BCUT2D eigenvalue weighted by Gasteiger charge is 2.25. The maximum atomic E-state index is 12.5. The maximum absolute atomic E-state index is 12.5. The molecule has 0 bridgehead atoms. The minimum atomic E-state index is -3.63. The van der Waals surface area contributed by atoms with Crippen LogP contribution in [-0.2, 0) is 10.0 Å². The van der Waals surface area contributed by atoms with Crippen LogP contribution < -0.4 is 9.04 Å². The third-order valence-electron chi connectivity index (χ3n) is 2.89. The molecular formula is C12H15N3O3S2. The number of hydrogen-bond acceptors (Lipinski definition) is 6. The molecule has 0 radical (unpaired) electrons. The molecule has 0 saturated carbocycles. The highest BCUT2D eigenvalue weighted by Crippen LogP contribution is 2.28. The Labute approximate surface area is 122 Å². The van der Waals surface area contributed by atoms with Crippen molar-refractivity contribution < 1.29 is 13.2 Å². The summed E-state index contributed by atoms with van der Waals surface area (Å²) in [5.74, 6) is 0.580. The van der Waals surface area contributed by atoms with Crippen LogP contribution in [0.4, 0.5) is 5.95 Å². The summed E-state index contributed by atoms with van der Waals surface area (Å²) in [5, 5.41) is 0. The standard InChI is InChI=1S/C12H15N3O3S2/c1-8-5-11(19-9(8)2)20(16,17)15(3)12-13-6-10(18-4)7-14-12/h5-7H,1-4H3. The molecule has 0 amide bonds. The van der Waals surface area contributed by atoms with Crippen LogP contribution in [0.3, 0.4) is 0 Å². The SMILES string of the molecule is COc1cnc(N(C)S(=O)(=O)c2cc(C)c(C)s2)nc1. The average molecular weight is 313 g/mol. The fourth-order valence-electron chi connectivity index (χ4n) is 1.49. The Kier molecular flexibility index (Phi) is 3.96. The lowest BCUT2D eigenvalue weighted by Gasteiger charge is -2.15. The van der Waals surface area contributed by atoms with Gasteiger partial charge in [0.25, 0.3) is 10.0 Å². The molecule has 8 heteroatoms. The zero-order chi connectivity index (χ0) is 14.9. The quantitative estimate of drug-likeness (QED) is 0.863. The topological polar surface area (TPSA) is 72.4 Å². The first-order chi connectivity index (χ1) is 9.36. The van der Waals surface area contributed by atoms with E-state index in [2.05, 4.69) is 9.97 Å². The summed E-state index contributed by atoms with van der Waals surface area (Å²) in [6.45, 7) is 3.78. The van der Waals surface area contributed by atoms with Crippen molar-refractivity contribution in [2.45, 2.75) is 18.1 Å². The van der Waals surface area contributed by atoms with Crippen molar-refractivity contribution in [2.75, 3.05) is 18.5 Å². The second-order valence-electron chi connectivity index (χ2n) is 4.20. The number of aryl methyl sites for hydroxylation is 2. The monoisotopic (exact) mass is 313 g/mol. The number of rotatable bonds is 4. The summed E-state index contributed by atoms with van der Waals surface area (Å²) in [4.78, 5) is 8.95. The third-order valence-corrected chi connectivity index (χ3v) is 6.23. The van der Waals surface area contributed by atoms with E-state index < -0.39 is 10.0 Å². The molecule has 2 rings (SSSR count). The van der Waals surface area contributed by atoms with Crippen LogP contribution in [0.15, 0.2) is 22.7 Å². The second kappa shape index (κ2) is 5.37. The van der Waals surface area contributed by atoms with E-state index in [4.69, 9.17) is 4.74 Å². The van der Waals surface area contributed by atoms with E-state index in [1.807, 2.05) is 13.8 Å². The molecule has 0 saturated heterocycles. The lowest BCUT2D eigenvalue weighted by molar-refractivity contribution is 0.411. The molecule has 2 aromatic heterocycles. The van der Waals surface area contributed by atoms with Crippen LogP contribution in [-0.4, -0.2) is 32.5 Å². The van der Waals surface area contributed by atoms with E-state index in [-0.39, 0.29) is 10.2 Å². The molecule has 108 valence electrons. The Balaban J connectivity index is 2.37. The van der Waals surface area contributed by atoms with Crippen LogP contribution in [0.2, 0.25) is 0 Å². The Bertz CT molecular complexity index is 689. The first-order valence-electron chi connectivity index (χ1n) is 5.78. The molecule has 0 N–H and O–H groups in total. The highest BCUT2D eigenvalue weighted by atomic mass is 32.2. The molecule has 0 spiro atoms. The van der Waals surface area contributed by atoms with Crippen LogP contribution in [0.25, 0.3) is 0 Å². The Morgan fingerprint density at radius 2 is 1.85 bits per heavy atom. The minimum Gasteiger partial charge on any atom is -0.494 e. The number of aromatic nitrogens is 2. The molecule has 20 heavy (non-hydrogen) atoms. The Morgan fingerprint density at radius 1 is 1.25 bits per heavy atom. The largest absolute Gasteiger partial charge is 0.494 e. The van der Waals surface area contributed by atoms with Gasteiger partial charge < -0.3 is 4.74 Å². The van der Waals surface area contributed by atoms with Gasteiger partial charge in [0.05, 0.1) is 19.5 Å². The van der Waals surface area contributed by atoms with Gasteiger partial charge in [0.15, 0.2) is 5.75 Å². The lowest BCUT2D eigenvalue weighted by atomic mass is 10.3. The maximum Gasteiger partial charge on any atom is 0.275 e. The van der Waals surface area contributed by atoms with Crippen molar-refractivity contribution >= 4 is 27.3 Å². The molecular weight excluding hydrogens is 298 g/mol. The predicted molar refractivity (Wildman–Crippen MR) is 78.0 cm³/mol. The van der Waals surface area contributed by atoms with Gasteiger partial charge in [-0.2, -0.15) is 0 Å². The molecule has 0 atom stereocenters. The molecule has 0 aliphatic rings. The molecule has 6 nitrogen and oxygen atoms in total. The third kappa shape index (κ3) is 2.61. The van der Waals surface area contributed by atoms with Gasteiger partial charge in [-0.1, -0.05) is 0 Å². The van der Waals surface area contributed by atoms with Gasteiger partial charge in [0.1, 0.15) is 4.21 Å². The summed E-state index contributed by atoms with van der Waals surface area (Å²) >= 11 is 1.24. The van der Waals surface area contributed by atoms with Gasteiger partial charge >= 0.3 is 0 Å². The van der Waals surface area contributed by atoms with Gasteiger partial charge in [-0.15, -0.1) is 11.3 Å². The van der Waals surface area contributed by atoms with Gasteiger partial charge in [0.2, 0.25) is 5.95 Å². The average Bonchev–Trinajstić information content (AvgIpc) is 2.78. The molecule has 0 fully saturated rings. The summed E-state index contributed by atoms with van der Waals surface area (Å²) in [6, 6.07) is 1.66. The Morgan fingerprint density at radius 3 is 2.30 bits per heavy atom. The summed E-state index contributed by atoms with van der Waals surface area (Å²) in [5.41, 5.74) is 0.956. The first-order valence-corrected chi connectivity index (χ1v) is 8.04. The van der Waals surface area contributed by atoms with E-state index in [0.717, 1.165) is 14.7 Å². The van der Waals surface area contributed by atoms with Crippen molar-refractivity contribution in [1.82, 2.24) is 9.97 Å². The highest BCUT2D eigenvalue weighted by molar-refractivity contribution is 7.94.